The Hall–Kier alpha value is -1.22. The van der Waals surface area contributed by atoms with Crippen LogP contribution in [0.25, 0.3) is 0 Å². The Morgan fingerprint density at radius 2 is 2.17 bits per heavy atom. The summed E-state index contributed by atoms with van der Waals surface area (Å²) in [5.41, 5.74) is 1.25. The van der Waals surface area contributed by atoms with E-state index in [1.54, 1.807) is 0 Å². The van der Waals surface area contributed by atoms with Gasteiger partial charge in [-0.2, -0.15) is 0 Å². The van der Waals surface area contributed by atoms with Crippen molar-refractivity contribution in [3.63, 3.8) is 0 Å². The molecule has 1 saturated heterocycles. The molecule has 2 rings (SSSR count). The van der Waals surface area contributed by atoms with Gasteiger partial charge in [0.1, 0.15) is 5.75 Å². The summed E-state index contributed by atoms with van der Waals surface area (Å²) in [7, 11) is 0. The van der Waals surface area contributed by atoms with E-state index in [9.17, 15) is 0 Å². The Bertz CT molecular complexity index is 367. The first-order valence-electron chi connectivity index (χ1n) is 7.02. The number of para-hydroxylation sites is 2. The van der Waals surface area contributed by atoms with Crippen LogP contribution in [0.15, 0.2) is 24.3 Å². The van der Waals surface area contributed by atoms with Gasteiger partial charge in [0.2, 0.25) is 0 Å². The number of ether oxygens (including phenoxy) is 1. The van der Waals surface area contributed by atoms with Gasteiger partial charge in [-0.25, -0.2) is 0 Å². The maximum Gasteiger partial charge on any atom is 0.142 e. The summed E-state index contributed by atoms with van der Waals surface area (Å²) in [6, 6.07) is 8.37. The standard InChI is InChI=1S/C15H24N2O/c1-3-16-11-13-9-10-17(12-13)14-7-5-6-8-15(14)18-4-2/h5-8,13,16H,3-4,9-12H2,1-2H3. The summed E-state index contributed by atoms with van der Waals surface area (Å²) in [6.45, 7) is 9.39. The highest BCUT2D eigenvalue weighted by Gasteiger charge is 2.23. The number of anilines is 1. The van der Waals surface area contributed by atoms with E-state index in [2.05, 4.69) is 35.3 Å². The lowest BCUT2D eigenvalue weighted by atomic mass is 10.1. The van der Waals surface area contributed by atoms with Crippen LogP contribution in [0.4, 0.5) is 5.69 Å². The van der Waals surface area contributed by atoms with Gasteiger partial charge >= 0.3 is 0 Å². The smallest absolute Gasteiger partial charge is 0.142 e. The zero-order valence-electron chi connectivity index (χ0n) is 11.5. The van der Waals surface area contributed by atoms with Crippen molar-refractivity contribution < 1.29 is 4.74 Å². The zero-order valence-corrected chi connectivity index (χ0v) is 11.5. The lowest BCUT2D eigenvalue weighted by Crippen LogP contribution is -2.26. The van der Waals surface area contributed by atoms with Gasteiger partial charge in [0.25, 0.3) is 0 Å². The second-order valence-electron chi connectivity index (χ2n) is 4.81. The molecule has 3 heteroatoms. The molecule has 0 radical (unpaired) electrons. The van der Waals surface area contributed by atoms with Gasteiger partial charge in [0.05, 0.1) is 12.3 Å². The first-order valence-corrected chi connectivity index (χ1v) is 7.02. The monoisotopic (exact) mass is 248 g/mol. The average molecular weight is 248 g/mol. The van der Waals surface area contributed by atoms with Crippen LogP contribution >= 0.6 is 0 Å². The molecule has 1 aromatic carbocycles. The predicted octanol–water partition coefficient (Wildman–Crippen LogP) is 2.52. The molecular formula is C15H24N2O. The van der Waals surface area contributed by atoms with Crippen molar-refractivity contribution in [3.05, 3.63) is 24.3 Å². The molecule has 0 spiro atoms. The van der Waals surface area contributed by atoms with Crippen LogP contribution in [0.5, 0.6) is 5.75 Å². The molecule has 1 heterocycles. The van der Waals surface area contributed by atoms with Crippen LogP contribution in [0.1, 0.15) is 20.3 Å². The van der Waals surface area contributed by atoms with Gasteiger partial charge in [0, 0.05) is 13.1 Å². The molecule has 1 aliphatic rings. The van der Waals surface area contributed by atoms with E-state index >= 15 is 0 Å². The highest BCUT2D eigenvalue weighted by molar-refractivity contribution is 5.59. The van der Waals surface area contributed by atoms with E-state index in [1.165, 1.54) is 12.1 Å². The first-order chi connectivity index (χ1) is 8.85. The van der Waals surface area contributed by atoms with Crippen molar-refractivity contribution in [1.82, 2.24) is 5.32 Å². The van der Waals surface area contributed by atoms with Gasteiger partial charge < -0.3 is 15.0 Å². The molecule has 1 atom stereocenters. The molecule has 1 aromatic rings. The number of rotatable bonds is 6. The van der Waals surface area contributed by atoms with Crippen molar-refractivity contribution in [3.8, 4) is 5.75 Å². The van der Waals surface area contributed by atoms with Gasteiger partial charge in [-0.05, 0) is 44.5 Å². The van der Waals surface area contributed by atoms with Gasteiger partial charge in [-0.1, -0.05) is 19.1 Å². The highest BCUT2D eigenvalue weighted by atomic mass is 16.5. The van der Waals surface area contributed by atoms with E-state index in [-0.39, 0.29) is 0 Å². The third kappa shape index (κ3) is 3.16. The van der Waals surface area contributed by atoms with E-state index in [0.717, 1.165) is 44.5 Å². The van der Waals surface area contributed by atoms with Gasteiger partial charge in [-0.3, -0.25) is 0 Å². The van der Waals surface area contributed by atoms with Crippen LogP contribution in [0.2, 0.25) is 0 Å². The fraction of sp³-hybridized carbons (Fsp3) is 0.600. The number of benzene rings is 1. The van der Waals surface area contributed by atoms with Crippen molar-refractivity contribution in [2.75, 3.05) is 37.7 Å². The minimum absolute atomic E-state index is 0.728. The molecule has 0 saturated carbocycles. The molecule has 1 aliphatic heterocycles. The summed E-state index contributed by atoms with van der Waals surface area (Å²) in [5, 5.41) is 3.44. The van der Waals surface area contributed by atoms with E-state index in [4.69, 9.17) is 4.74 Å². The highest BCUT2D eigenvalue weighted by Crippen LogP contribution is 2.31. The summed E-state index contributed by atoms with van der Waals surface area (Å²) >= 11 is 0. The molecule has 100 valence electrons. The Morgan fingerprint density at radius 1 is 1.33 bits per heavy atom. The first kappa shape index (κ1) is 13.2. The normalized spacial score (nSPS) is 19.2. The second kappa shape index (κ2) is 6.64. The fourth-order valence-corrected chi connectivity index (χ4v) is 2.56. The molecule has 0 aliphatic carbocycles. The Balaban J connectivity index is 2.00. The third-order valence-electron chi connectivity index (χ3n) is 3.47. The largest absolute Gasteiger partial charge is 0.492 e. The molecule has 0 amide bonds. The van der Waals surface area contributed by atoms with Gasteiger partial charge in [-0.15, -0.1) is 0 Å². The van der Waals surface area contributed by atoms with Crippen molar-refractivity contribution in [1.29, 1.82) is 0 Å². The van der Waals surface area contributed by atoms with Gasteiger partial charge in [0.15, 0.2) is 0 Å². The van der Waals surface area contributed by atoms with E-state index < -0.39 is 0 Å². The number of hydrogen-bond donors (Lipinski definition) is 1. The van der Waals surface area contributed by atoms with E-state index in [0.29, 0.717) is 0 Å². The zero-order chi connectivity index (χ0) is 12.8. The molecule has 1 unspecified atom stereocenters. The Morgan fingerprint density at radius 3 is 2.94 bits per heavy atom. The summed E-state index contributed by atoms with van der Waals surface area (Å²) in [5.74, 6) is 1.78. The van der Waals surface area contributed by atoms with Crippen LogP contribution in [0.3, 0.4) is 0 Å². The molecular weight excluding hydrogens is 224 g/mol. The lowest BCUT2D eigenvalue weighted by molar-refractivity contribution is 0.340. The van der Waals surface area contributed by atoms with Crippen LogP contribution in [0, 0.1) is 5.92 Å². The summed E-state index contributed by atoms with van der Waals surface area (Å²) in [4.78, 5) is 2.45. The molecule has 1 N–H and O–H groups in total. The topological polar surface area (TPSA) is 24.5 Å². The Kier molecular flexibility index (Phi) is 4.88. The minimum Gasteiger partial charge on any atom is -0.492 e. The molecule has 18 heavy (non-hydrogen) atoms. The third-order valence-corrected chi connectivity index (χ3v) is 3.47. The molecule has 1 fully saturated rings. The quantitative estimate of drug-likeness (QED) is 0.837. The maximum atomic E-state index is 5.71. The summed E-state index contributed by atoms with van der Waals surface area (Å²) < 4.78 is 5.71. The number of nitrogens with zero attached hydrogens (tertiary/aromatic N) is 1. The summed E-state index contributed by atoms with van der Waals surface area (Å²) in [6.07, 6.45) is 1.27. The van der Waals surface area contributed by atoms with Crippen LogP contribution in [-0.4, -0.2) is 32.8 Å². The van der Waals surface area contributed by atoms with Crippen LogP contribution in [-0.2, 0) is 0 Å². The van der Waals surface area contributed by atoms with Crippen LogP contribution < -0.4 is 15.0 Å². The van der Waals surface area contributed by atoms with Crippen molar-refractivity contribution in [2.24, 2.45) is 5.92 Å². The molecule has 0 aromatic heterocycles. The number of hydrogen-bond acceptors (Lipinski definition) is 3. The van der Waals surface area contributed by atoms with Crippen molar-refractivity contribution in [2.45, 2.75) is 20.3 Å². The predicted molar refractivity (Wildman–Crippen MR) is 76.5 cm³/mol. The fourth-order valence-electron chi connectivity index (χ4n) is 2.56. The van der Waals surface area contributed by atoms with Crippen molar-refractivity contribution >= 4 is 5.69 Å². The minimum atomic E-state index is 0.728. The number of nitrogens with one attached hydrogen (secondary N) is 1. The lowest BCUT2D eigenvalue weighted by Gasteiger charge is -2.21. The molecule has 3 nitrogen and oxygen atoms in total. The SMILES string of the molecule is CCNCC1CCN(c2ccccc2OCC)C1. The maximum absolute atomic E-state index is 5.71. The Labute approximate surface area is 110 Å². The second-order valence-corrected chi connectivity index (χ2v) is 4.81. The van der Waals surface area contributed by atoms with E-state index in [1.807, 2.05) is 13.0 Å². The molecule has 0 bridgehead atoms. The average Bonchev–Trinajstić information content (AvgIpc) is 2.86.